The van der Waals surface area contributed by atoms with E-state index >= 15 is 0 Å². The van der Waals surface area contributed by atoms with Crippen LogP contribution in [0.5, 0.6) is 0 Å². The van der Waals surface area contributed by atoms with Crippen molar-refractivity contribution in [1.82, 2.24) is 14.5 Å². The lowest BCUT2D eigenvalue weighted by molar-refractivity contribution is -0.133. The van der Waals surface area contributed by atoms with E-state index < -0.39 is 0 Å². The third-order valence-corrected chi connectivity index (χ3v) is 4.86. The zero-order valence-electron chi connectivity index (χ0n) is 14.2. The second-order valence-corrected chi connectivity index (χ2v) is 6.46. The van der Waals surface area contributed by atoms with Gasteiger partial charge in [-0.05, 0) is 25.0 Å². The SMILES string of the molecule is CN(C(=O)Cn1c(NCCO)nc2ccccc21)C1CCCCC1. The molecule has 0 atom stereocenters. The number of anilines is 1. The lowest BCUT2D eigenvalue weighted by atomic mass is 9.94. The Morgan fingerprint density at radius 2 is 2.08 bits per heavy atom. The van der Waals surface area contributed by atoms with E-state index in [-0.39, 0.29) is 19.1 Å². The van der Waals surface area contributed by atoms with Gasteiger partial charge in [-0.25, -0.2) is 4.98 Å². The number of aliphatic hydroxyl groups excluding tert-OH is 1. The van der Waals surface area contributed by atoms with Crippen molar-refractivity contribution in [1.29, 1.82) is 0 Å². The summed E-state index contributed by atoms with van der Waals surface area (Å²) >= 11 is 0. The summed E-state index contributed by atoms with van der Waals surface area (Å²) in [5, 5.41) is 12.2. The van der Waals surface area contributed by atoms with Crippen molar-refractivity contribution in [3.05, 3.63) is 24.3 Å². The summed E-state index contributed by atoms with van der Waals surface area (Å²) in [5.41, 5.74) is 1.79. The Labute approximate surface area is 142 Å². The third-order valence-electron chi connectivity index (χ3n) is 4.86. The maximum atomic E-state index is 12.8. The second kappa shape index (κ2) is 7.66. The van der Waals surface area contributed by atoms with E-state index in [1.807, 2.05) is 40.8 Å². The molecule has 1 aromatic carbocycles. The van der Waals surface area contributed by atoms with E-state index in [1.165, 1.54) is 19.3 Å². The second-order valence-electron chi connectivity index (χ2n) is 6.46. The number of rotatable bonds is 6. The molecule has 0 bridgehead atoms. The number of carbonyl (C=O) groups excluding carboxylic acids is 1. The van der Waals surface area contributed by atoms with Crippen LogP contribution in [0.4, 0.5) is 5.95 Å². The van der Waals surface area contributed by atoms with Gasteiger partial charge < -0.3 is 19.9 Å². The highest BCUT2D eigenvalue weighted by molar-refractivity contribution is 5.83. The molecule has 1 aromatic heterocycles. The summed E-state index contributed by atoms with van der Waals surface area (Å²) in [5.74, 6) is 0.743. The van der Waals surface area contributed by atoms with E-state index in [0.29, 0.717) is 18.5 Å². The molecule has 1 heterocycles. The van der Waals surface area contributed by atoms with E-state index in [4.69, 9.17) is 5.11 Å². The normalized spacial score (nSPS) is 15.6. The van der Waals surface area contributed by atoms with Crippen molar-refractivity contribution in [3.63, 3.8) is 0 Å². The molecule has 0 spiro atoms. The molecule has 3 rings (SSSR count). The lowest BCUT2D eigenvalue weighted by Gasteiger charge is -2.31. The van der Waals surface area contributed by atoms with Crippen molar-refractivity contribution >= 4 is 22.9 Å². The Balaban J connectivity index is 1.80. The number of hydrogen-bond donors (Lipinski definition) is 2. The van der Waals surface area contributed by atoms with Crippen LogP contribution in [0, 0.1) is 0 Å². The zero-order valence-corrected chi connectivity index (χ0v) is 14.2. The highest BCUT2D eigenvalue weighted by Gasteiger charge is 2.23. The number of nitrogens with zero attached hydrogens (tertiary/aromatic N) is 3. The maximum absolute atomic E-state index is 12.8. The fourth-order valence-electron chi connectivity index (χ4n) is 3.46. The standard InChI is InChI=1S/C18H26N4O2/c1-21(14-7-3-2-4-8-14)17(24)13-22-16-10-6-5-9-15(16)20-18(22)19-11-12-23/h5-6,9-10,14,23H,2-4,7-8,11-13H2,1H3,(H,19,20). The van der Waals surface area contributed by atoms with Gasteiger partial charge in [0.15, 0.2) is 0 Å². The molecular weight excluding hydrogens is 304 g/mol. The summed E-state index contributed by atoms with van der Waals surface area (Å²) in [7, 11) is 1.91. The fraction of sp³-hybridized carbons (Fsp3) is 0.556. The maximum Gasteiger partial charge on any atom is 0.242 e. The molecule has 0 aliphatic heterocycles. The molecule has 0 radical (unpaired) electrons. The van der Waals surface area contributed by atoms with Gasteiger partial charge in [-0.3, -0.25) is 4.79 Å². The van der Waals surface area contributed by atoms with E-state index in [2.05, 4.69) is 10.3 Å². The molecule has 1 aliphatic carbocycles. The van der Waals surface area contributed by atoms with Crippen molar-refractivity contribution in [2.24, 2.45) is 0 Å². The van der Waals surface area contributed by atoms with Crippen molar-refractivity contribution < 1.29 is 9.90 Å². The number of para-hydroxylation sites is 2. The minimum absolute atomic E-state index is 0.0269. The van der Waals surface area contributed by atoms with Crippen LogP contribution < -0.4 is 5.32 Å². The monoisotopic (exact) mass is 330 g/mol. The van der Waals surface area contributed by atoms with Gasteiger partial charge in [-0.2, -0.15) is 0 Å². The third kappa shape index (κ3) is 3.53. The number of imidazole rings is 1. The molecule has 6 nitrogen and oxygen atoms in total. The van der Waals surface area contributed by atoms with Gasteiger partial charge >= 0.3 is 0 Å². The molecule has 1 aliphatic rings. The number of hydrogen-bond acceptors (Lipinski definition) is 4. The predicted molar refractivity (Wildman–Crippen MR) is 95.0 cm³/mol. The molecular formula is C18H26N4O2. The largest absolute Gasteiger partial charge is 0.395 e. The minimum atomic E-state index is 0.0269. The molecule has 1 saturated carbocycles. The van der Waals surface area contributed by atoms with Gasteiger partial charge in [0.05, 0.1) is 17.6 Å². The Hall–Kier alpha value is -2.08. The summed E-state index contributed by atoms with van der Waals surface area (Å²) < 4.78 is 1.91. The molecule has 2 N–H and O–H groups in total. The van der Waals surface area contributed by atoms with Gasteiger partial charge in [0.2, 0.25) is 11.9 Å². The van der Waals surface area contributed by atoms with Crippen molar-refractivity contribution in [2.45, 2.75) is 44.7 Å². The summed E-state index contributed by atoms with van der Waals surface area (Å²) in [4.78, 5) is 19.2. The number of aliphatic hydroxyl groups is 1. The molecule has 0 unspecified atom stereocenters. The van der Waals surface area contributed by atoms with Gasteiger partial charge in [-0.1, -0.05) is 31.4 Å². The number of fused-ring (bicyclic) bond motifs is 1. The van der Waals surface area contributed by atoms with Gasteiger partial charge in [0.25, 0.3) is 0 Å². The number of aromatic nitrogens is 2. The molecule has 2 aromatic rings. The highest BCUT2D eigenvalue weighted by atomic mass is 16.3. The minimum Gasteiger partial charge on any atom is -0.395 e. The topological polar surface area (TPSA) is 70.4 Å². The lowest BCUT2D eigenvalue weighted by Crippen LogP contribution is -2.40. The molecule has 130 valence electrons. The molecule has 1 fully saturated rings. The number of benzene rings is 1. The molecule has 24 heavy (non-hydrogen) atoms. The number of amides is 1. The first-order valence-electron chi connectivity index (χ1n) is 8.76. The fourth-order valence-corrected chi connectivity index (χ4v) is 3.46. The first-order chi connectivity index (χ1) is 11.7. The van der Waals surface area contributed by atoms with Crippen LogP contribution in [0.2, 0.25) is 0 Å². The molecule has 0 saturated heterocycles. The summed E-state index contributed by atoms with van der Waals surface area (Å²) in [6.07, 6.45) is 5.89. The van der Waals surface area contributed by atoms with Crippen LogP contribution in [0.25, 0.3) is 11.0 Å². The van der Waals surface area contributed by atoms with Crippen LogP contribution in [-0.4, -0.2) is 51.7 Å². The van der Waals surface area contributed by atoms with E-state index in [9.17, 15) is 4.79 Å². The van der Waals surface area contributed by atoms with Crippen molar-refractivity contribution in [2.75, 3.05) is 25.5 Å². The van der Waals surface area contributed by atoms with Gasteiger partial charge in [0.1, 0.15) is 6.54 Å². The van der Waals surface area contributed by atoms with E-state index in [1.54, 1.807) is 0 Å². The molecule has 6 heteroatoms. The summed E-state index contributed by atoms with van der Waals surface area (Å²) in [6.45, 7) is 0.705. The average molecular weight is 330 g/mol. The van der Waals surface area contributed by atoms with Crippen LogP contribution in [0.3, 0.4) is 0 Å². The van der Waals surface area contributed by atoms with Crippen LogP contribution >= 0.6 is 0 Å². The quantitative estimate of drug-likeness (QED) is 0.852. The van der Waals surface area contributed by atoms with Crippen LogP contribution in [-0.2, 0) is 11.3 Å². The summed E-state index contributed by atoms with van der Waals surface area (Å²) in [6, 6.07) is 8.15. The van der Waals surface area contributed by atoms with Gasteiger partial charge in [-0.15, -0.1) is 0 Å². The highest BCUT2D eigenvalue weighted by Crippen LogP contribution is 2.23. The number of carbonyl (C=O) groups is 1. The van der Waals surface area contributed by atoms with Gasteiger partial charge in [0, 0.05) is 19.6 Å². The smallest absolute Gasteiger partial charge is 0.242 e. The average Bonchev–Trinajstić information content (AvgIpc) is 2.97. The van der Waals surface area contributed by atoms with Crippen molar-refractivity contribution in [3.8, 4) is 0 Å². The Morgan fingerprint density at radius 1 is 1.33 bits per heavy atom. The first-order valence-corrected chi connectivity index (χ1v) is 8.76. The Morgan fingerprint density at radius 3 is 2.83 bits per heavy atom. The predicted octanol–water partition coefficient (Wildman–Crippen LogP) is 2.23. The van der Waals surface area contributed by atoms with Crippen LogP contribution in [0.1, 0.15) is 32.1 Å². The molecule has 1 amide bonds. The van der Waals surface area contributed by atoms with E-state index in [0.717, 1.165) is 23.9 Å². The van der Waals surface area contributed by atoms with Crippen LogP contribution in [0.15, 0.2) is 24.3 Å². The number of nitrogens with one attached hydrogen (secondary N) is 1. The Bertz CT molecular complexity index is 691. The first kappa shape index (κ1) is 16.8. The Kier molecular flexibility index (Phi) is 5.35. The zero-order chi connectivity index (χ0) is 16.9. The number of likely N-dealkylation sites (N-methyl/N-ethyl adjacent to an activating group) is 1.